The van der Waals surface area contributed by atoms with Crippen molar-refractivity contribution in [2.45, 2.75) is 32.4 Å². The summed E-state index contributed by atoms with van der Waals surface area (Å²) in [6, 6.07) is 7.67. The zero-order valence-electron chi connectivity index (χ0n) is 22.6. The molecule has 2 aliphatic rings. The van der Waals surface area contributed by atoms with Gasteiger partial charge < -0.3 is 24.8 Å². The normalized spacial score (nSPS) is 17.7. The van der Waals surface area contributed by atoms with E-state index in [0.29, 0.717) is 29.9 Å². The Morgan fingerprint density at radius 3 is 2.61 bits per heavy atom. The summed E-state index contributed by atoms with van der Waals surface area (Å²) in [6.07, 6.45) is 1.12. The number of benzene rings is 1. The molecule has 1 amide bonds. The van der Waals surface area contributed by atoms with E-state index in [4.69, 9.17) is 19.9 Å². The van der Waals surface area contributed by atoms with Gasteiger partial charge in [0.1, 0.15) is 5.75 Å². The highest BCUT2D eigenvalue weighted by atomic mass is 16.6. The number of hydrogen-bond acceptors (Lipinski definition) is 13. The quantitative estimate of drug-likeness (QED) is 0.277. The van der Waals surface area contributed by atoms with Crippen LogP contribution in [0.3, 0.4) is 0 Å². The highest BCUT2D eigenvalue weighted by Crippen LogP contribution is 2.25. The molecule has 1 aromatic carbocycles. The Bertz CT molecular complexity index is 1430. The van der Waals surface area contributed by atoms with Gasteiger partial charge in [-0.3, -0.25) is 14.5 Å². The highest BCUT2D eigenvalue weighted by Gasteiger charge is 2.30. The Balaban J connectivity index is 1.13. The second-order valence-electron chi connectivity index (χ2n) is 9.48. The fourth-order valence-electron chi connectivity index (χ4n) is 4.62. The number of hydrogen-bond donors (Lipinski definition) is 1. The van der Waals surface area contributed by atoms with Crippen molar-refractivity contribution in [2.24, 2.45) is 10.2 Å². The number of esters is 2. The third kappa shape index (κ3) is 6.92. The molecule has 2 fully saturated rings. The van der Waals surface area contributed by atoms with E-state index in [1.54, 1.807) is 17.8 Å². The molecule has 15 heteroatoms. The lowest BCUT2D eigenvalue weighted by Crippen LogP contribution is -2.47. The van der Waals surface area contributed by atoms with Gasteiger partial charge in [0.25, 0.3) is 0 Å². The maximum absolute atomic E-state index is 12.2. The average Bonchev–Trinajstić information content (AvgIpc) is 3.60. The Kier molecular flexibility index (Phi) is 8.62. The Hall–Kier alpha value is -4.66. The van der Waals surface area contributed by atoms with Crippen molar-refractivity contribution in [1.29, 1.82) is 0 Å². The SMILES string of the molecule is CCOC(=O)COc1ccc(N2CCN(CCn3ncc4c(/N=N/C(=O)C5CCC(=O)O5)nc(N)nc43)CC2)cc1. The molecule has 2 N–H and O–H groups in total. The molecular formula is C26H31N9O6. The van der Waals surface area contributed by atoms with Crippen LogP contribution in [0.2, 0.25) is 0 Å². The van der Waals surface area contributed by atoms with Crippen molar-refractivity contribution in [3.63, 3.8) is 0 Å². The number of nitrogen functional groups attached to an aromatic ring is 1. The van der Waals surface area contributed by atoms with Crippen molar-refractivity contribution in [1.82, 2.24) is 24.6 Å². The molecule has 0 radical (unpaired) electrons. The fourth-order valence-corrected chi connectivity index (χ4v) is 4.62. The molecule has 2 aromatic heterocycles. The number of piperazine rings is 1. The number of nitrogens with two attached hydrogens (primary N) is 1. The second kappa shape index (κ2) is 12.7. The van der Waals surface area contributed by atoms with E-state index in [9.17, 15) is 14.4 Å². The summed E-state index contributed by atoms with van der Waals surface area (Å²) in [5.74, 6) is -0.735. The highest BCUT2D eigenvalue weighted by molar-refractivity contribution is 5.88. The fraction of sp³-hybridized carbons (Fsp3) is 0.462. The minimum absolute atomic E-state index is 0.0149. The molecule has 0 spiro atoms. The van der Waals surface area contributed by atoms with E-state index in [1.807, 2.05) is 24.3 Å². The lowest BCUT2D eigenvalue weighted by atomic mass is 10.2. The Labute approximate surface area is 235 Å². The molecule has 1 atom stereocenters. The van der Waals surface area contributed by atoms with E-state index in [1.165, 1.54) is 0 Å². The summed E-state index contributed by atoms with van der Waals surface area (Å²) < 4.78 is 17.0. The van der Waals surface area contributed by atoms with Crippen LogP contribution in [0.15, 0.2) is 40.7 Å². The maximum atomic E-state index is 12.2. The molecule has 216 valence electrons. The minimum Gasteiger partial charge on any atom is -0.482 e. The molecule has 0 saturated carbocycles. The van der Waals surface area contributed by atoms with Gasteiger partial charge in [0.2, 0.25) is 5.95 Å². The predicted octanol–water partition coefficient (Wildman–Crippen LogP) is 1.49. The van der Waals surface area contributed by atoms with Crippen LogP contribution in [0.1, 0.15) is 19.8 Å². The Morgan fingerprint density at radius 1 is 1.12 bits per heavy atom. The number of nitrogens with zero attached hydrogens (tertiary/aromatic N) is 8. The summed E-state index contributed by atoms with van der Waals surface area (Å²) in [6.45, 7) is 6.73. The number of rotatable bonds is 10. The summed E-state index contributed by atoms with van der Waals surface area (Å²) >= 11 is 0. The number of carbonyl (C=O) groups excluding carboxylic acids is 3. The summed E-state index contributed by atoms with van der Waals surface area (Å²) in [7, 11) is 0. The zero-order valence-corrected chi connectivity index (χ0v) is 22.6. The van der Waals surface area contributed by atoms with Crippen molar-refractivity contribution in [3.05, 3.63) is 30.5 Å². The van der Waals surface area contributed by atoms with E-state index < -0.39 is 18.0 Å². The summed E-state index contributed by atoms with van der Waals surface area (Å²) in [4.78, 5) is 48.0. The van der Waals surface area contributed by atoms with E-state index in [0.717, 1.165) is 38.4 Å². The van der Waals surface area contributed by atoms with Gasteiger partial charge in [-0.2, -0.15) is 15.1 Å². The first kappa shape index (κ1) is 27.9. The van der Waals surface area contributed by atoms with E-state index >= 15 is 0 Å². The van der Waals surface area contributed by atoms with Crippen LogP contribution in [0.25, 0.3) is 11.0 Å². The van der Waals surface area contributed by atoms with Crippen molar-refractivity contribution < 1.29 is 28.6 Å². The van der Waals surface area contributed by atoms with Gasteiger partial charge in [-0.1, -0.05) is 0 Å². The summed E-state index contributed by atoms with van der Waals surface area (Å²) in [5.41, 5.74) is 7.48. The first-order chi connectivity index (χ1) is 19.9. The Morgan fingerprint density at radius 2 is 1.90 bits per heavy atom. The number of amides is 1. The number of anilines is 2. The van der Waals surface area contributed by atoms with Gasteiger partial charge in [0, 0.05) is 51.3 Å². The molecule has 1 unspecified atom stereocenters. The largest absolute Gasteiger partial charge is 0.482 e. The minimum atomic E-state index is -0.916. The van der Waals surface area contributed by atoms with Crippen LogP contribution < -0.4 is 15.4 Å². The second-order valence-corrected chi connectivity index (χ2v) is 9.48. The van der Waals surface area contributed by atoms with Crippen LogP contribution in [0.5, 0.6) is 5.75 Å². The number of fused-ring (bicyclic) bond motifs is 1. The molecule has 5 rings (SSSR count). The molecule has 2 aliphatic heterocycles. The average molecular weight is 566 g/mol. The number of azo groups is 1. The van der Waals surface area contributed by atoms with E-state index in [2.05, 4.69) is 35.1 Å². The smallest absolute Gasteiger partial charge is 0.344 e. The van der Waals surface area contributed by atoms with E-state index in [-0.39, 0.29) is 37.2 Å². The van der Waals surface area contributed by atoms with Crippen LogP contribution >= 0.6 is 0 Å². The molecule has 2 saturated heterocycles. The van der Waals surface area contributed by atoms with Gasteiger partial charge >= 0.3 is 17.8 Å². The van der Waals surface area contributed by atoms with Crippen molar-refractivity contribution >= 4 is 46.3 Å². The van der Waals surface area contributed by atoms with Crippen molar-refractivity contribution in [2.75, 3.05) is 56.6 Å². The number of cyclic esters (lactones) is 1. The first-order valence-electron chi connectivity index (χ1n) is 13.4. The monoisotopic (exact) mass is 565 g/mol. The van der Waals surface area contributed by atoms with Gasteiger partial charge in [-0.05, 0) is 31.2 Å². The standard InChI is InChI=1S/C26H31N9O6/c1-2-39-22(37)16-40-18-5-3-17(4-6-18)34-12-9-33(10-13-34)11-14-35-24-19(15-28-35)23(29-26(27)30-24)31-32-25(38)20-7-8-21(36)41-20/h3-6,15,20H,2,7-14,16H2,1H3,(H2,27,29,30)/b32-31+. The third-order valence-corrected chi connectivity index (χ3v) is 6.76. The lowest BCUT2D eigenvalue weighted by Gasteiger charge is -2.36. The molecule has 0 bridgehead atoms. The summed E-state index contributed by atoms with van der Waals surface area (Å²) in [5, 5.41) is 12.6. The first-order valence-corrected chi connectivity index (χ1v) is 13.4. The molecule has 41 heavy (non-hydrogen) atoms. The van der Waals surface area contributed by atoms with Crippen LogP contribution in [-0.2, 0) is 30.4 Å². The topological polar surface area (TPSA) is 180 Å². The van der Waals surface area contributed by atoms with Crippen LogP contribution in [0, 0.1) is 0 Å². The third-order valence-electron chi connectivity index (χ3n) is 6.76. The van der Waals surface area contributed by atoms with Gasteiger partial charge in [0.15, 0.2) is 24.2 Å². The zero-order chi connectivity index (χ0) is 28.8. The maximum Gasteiger partial charge on any atom is 0.344 e. The van der Waals surface area contributed by atoms with Crippen molar-refractivity contribution in [3.8, 4) is 5.75 Å². The number of ether oxygens (including phenoxy) is 3. The number of aromatic nitrogens is 4. The van der Waals surface area contributed by atoms with Crippen LogP contribution in [-0.4, -0.2) is 94.5 Å². The number of carbonyl (C=O) groups is 3. The van der Waals surface area contributed by atoms with Gasteiger partial charge in [0.05, 0.1) is 24.7 Å². The molecule has 3 aromatic rings. The van der Waals surface area contributed by atoms with Gasteiger partial charge in [-0.15, -0.1) is 10.2 Å². The molecule has 0 aliphatic carbocycles. The molecule has 15 nitrogen and oxygen atoms in total. The lowest BCUT2D eigenvalue weighted by molar-refractivity contribution is -0.147. The molecule has 4 heterocycles. The molecular weight excluding hydrogens is 534 g/mol. The van der Waals surface area contributed by atoms with Crippen LogP contribution in [0.4, 0.5) is 17.5 Å². The predicted molar refractivity (Wildman–Crippen MR) is 146 cm³/mol. The van der Waals surface area contributed by atoms with Gasteiger partial charge in [-0.25, -0.2) is 9.48 Å².